The monoisotopic (exact) mass is 475 g/mol. The minimum absolute atomic E-state index is 0.0428. The standard InChI is InChI=1S/C22H26ClF4N3O2/c1-21(24,25)19-17(10-13-2-6-22(26,27)7-3-13)30-12-16(23)15(11-18(30)29-19)20(31)28-14-4-8-32-9-5-14/h11-14H,2-10H2,1H3,(H,28,31). The van der Waals surface area contributed by atoms with Gasteiger partial charge < -0.3 is 14.5 Å². The molecule has 2 aromatic rings. The van der Waals surface area contributed by atoms with Crippen molar-refractivity contribution in [2.24, 2.45) is 5.92 Å². The quantitative estimate of drug-likeness (QED) is 0.591. The average molecular weight is 476 g/mol. The summed E-state index contributed by atoms with van der Waals surface area (Å²) in [6.07, 6.45) is 3.01. The molecule has 1 aliphatic carbocycles. The molecular weight excluding hydrogens is 450 g/mol. The number of hydrogen-bond donors (Lipinski definition) is 1. The number of fused-ring (bicyclic) bond motifs is 1. The van der Waals surface area contributed by atoms with Gasteiger partial charge in [-0.05, 0) is 44.1 Å². The third-order valence-corrected chi connectivity index (χ3v) is 6.65. The zero-order valence-corrected chi connectivity index (χ0v) is 18.5. The zero-order chi connectivity index (χ0) is 23.1. The molecule has 2 aromatic heterocycles. The van der Waals surface area contributed by atoms with E-state index in [2.05, 4.69) is 10.3 Å². The summed E-state index contributed by atoms with van der Waals surface area (Å²) in [6.45, 7) is 1.88. The van der Waals surface area contributed by atoms with Gasteiger partial charge in [-0.25, -0.2) is 13.8 Å². The second-order valence-electron chi connectivity index (χ2n) is 8.92. The Bertz CT molecular complexity index is 989. The number of carbonyl (C=O) groups excluding carboxylic acids is 1. The van der Waals surface area contributed by atoms with E-state index < -0.39 is 23.4 Å². The SMILES string of the molecule is CC(F)(F)c1nc2cc(C(=O)NC3CCOCC3)c(Cl)cn2c1CC1CCC(F)(F)CC1. The smallest absolute Gasteiger partial charge is 0.288 e. The summed E-state index contributed by atoms with van der Waals surface area (Å²) in [6, 6.07) is 1.36. The molecule has 0 spiro atoms. The number of ether oxygens (including phenoxy) is 1. The van der Waals surface area contributed by atoms with Crippen LogP contribution in [0.15, 0.2) is 12.3 Å². The van der Waals surface area contributed by atoms with Gasteiger partial charge in [0, 0.05) is 45.2 Å². The highest BCUT2D eigenvalue weighted by Crippen LogP contribution is 2.39. The van der Waals surface area contributed by atoms with E-state index in [9.17, 15) is 22.4 Å². The van der Waals surface area contributed by atoms with E-state index in [0.717, 1.165) is 6.92 Å². The van der Waals surface area contributed by atoms with Crippen molar-refractivity contribution in [2.75, 3.05) is 13.2 Å². The summed E-state index contributed by atoms with van der Waals surface area (Å²) in [4.78, 5) is 16.9. The van der Waals surface area contributed by atoms with Gasteiger partial charge in [0.05, 0.1) is 16.3 Å². The van der Waals surface area contributed by atoms with Crippen LogP contribution < -0.4 is 5.32 Å². The van der Waals surface area contributed by atoms with E-state index in [1.165, 1.54) is 16.7 Å². The van der Waals surface area contributed by atoms with Crippen molar-refractivity contribution < 1.29 is 27.1 Å². The fourth-order valence-corrected chi connectivity index (χ4v) is 4.75. The fraction of sp³-hybridized carbons (Fsp3) is 0.636. The van der Waals surface area contributed by atoms with Crippen LogP contribution in [0.4, 0.5) is 17.6 Å². The van der Waals surface area contributed by atoms with Crippen LogP contribution in [0.3, 0.4) is 0 Å². The molecule has 1 saturated carbocycles. The maximum atomic E-state index is 14.4. The summed E-state index contributed by atoms with van der Waals surface area (Å²) in [5.41, 5.74) is 0.179. The van der Waals surface area contributed by atoms with Crippen LogP contribution in [0.5, 0.6) is 0 Å². The second-order valence-corrected chi connectivity index (χ2v) is 9.33. The Kier molecular flexibility index (Phi) is 6.42. The molecule has 0 bridgehead atoms. The van der Waals surface area contributed by atoms with Gasteiger partial charge in [-0.3, -0.25) is 4.79 Å². The maximum absolute atomic E-state index is 14.4. The molecule has 2 aliphatic rings. The number of carbonyl (C=O) groups is 1. The molecule has 1 amide bonds. The number of amides is 1. The second kappa shape index (κ2) is 8.82. The summed E-state index contributed by atoms with van der Waals surface area (Å²) in [5, 5.41) is 3.02. The Balaban J connectivity index is 1.64. The molecule has 4 rings (SSSR count). The van der Waals surface area contributed by atoms with Crippen LogP contribution in [-0.4, -0.2) is 40.5 Å². The highest BCUT2D eigenvalue weighted by Gasteiger charge is 2.38. The Labute approximate surface area is 188 Å². The third-order valence-electron chi connectivity index (χ3n) is 6.35. The number of nitrogens with one attached hydrogen (secondary N) is 1. The van der Waals surface area contributed by atoms with Gasteiger partial charge >= 0.3 is 0 Å². The van der Waals surface area contributed by atoms with Crippen LogP contribution in [-0.2, 0) is 17.1 Å². The van der Waals surface area contributed by atoms with Gasteiger partial charge in [0.1, 0.15) is 11.3 Å². The van der Waals surface area contributed by atoms with Gasteiger partial charge in [0.15, 0.2) is 0 Å². The van der Waals surface area contributed by atoms with Crippen molar-refractivity contribution in [3.8, 4) is 0 Å². The lowest BCUT2D eigenvalue weighted by Crippen LogP contribution is -2.39. The van der Waals surface area contributed by atoms with E-state index in [0.29, 0.717) is 26.1 Å². The van der Waals surface area contributed by atoms with E-state index in [-0.39, 0.29) is 66.0 Å². The highest BCUT2D eigenvalue weighted by molar-refractivity contribution is 6.33. The Hall–Kier alpha value is -1.87. The molecule has 0 aromatic carbocycles. The maximum Gasteiger partial charge on any atom is 0.288 e. The fourth-order valence-electron chi connectivity index (χ4n) is 4.52. The molecule has 32 heavy (non-hydrogen) atoms. The predicted molar refractivity (Wildman–Crippen MR) is 112 cm³/mol. The lowest BCUT2D eigenvalue weighted by Gasteiger charge is -2.28. The van der Waals surface area contributed by atoms with Crippen LogP contribution in [0.2, 0.25) is 5.02 Å². The first kappa shape index (κ1) is 23.3. The average Bonchev–Trinajstić information content (AvgIpc) is 3.07. The number of aromatic nitrogens is 2. The Morgan fingerprint density at radius 3 is 2.56 bits per heavy atom. The van der Waals surface area contributed by atoms with Crippen molar-refractivity contribution in [3.05, 3.63) is 34.2 Å². The van der Waals surface area contributed by atoms with E-state index in [1.54, 1.807) is 0 Å². The van der Waals surface area contributed by atoms with Crippen molar-refractivity contribution >= 4 is 23.2 Å². The van der Waals surface area contributed by atoms with Crippen LogP contribution >= 0.6 is 11.6 Å². The van der Waals surface area contributed by atoms with Gasteiger partial charge in [-0.2, -0.15) is 8.78 Å². The largest absolute Gasteiger partial charge is 0.381 e. The van der Waals surface area contributed by atoms with Crippen molar-refractivity contribution in [3.63, 3.8) is 0 Å². The molecule has 1 aliphatic heterocycles. The van der Waals surface area contributed by atoms with Gasteiger partial charge in [-0.1, -0.05) is 11.6 Å². The number of hydrogen-bond acceptors (Lipinski definition) is 3. The number of alkyl halides is 4. The first-order chi connectivity index (χ1) is 15.0. The summed E-state index contributed by atoms with van der Waals surface area (Å²) < 4.78 is 62.5. The van der Waals surface area contributed by atoms with Gasteiger partial charge in [-0.15, -0.1) is 0 Å². The summed E-state index contributed by atoms with van der Waals surface area (Å²) >= 11 is 6.37. The molecule has 176 valence electrons. The number of imidazole rings is 1. The summed E-state index contributed by atoms with van der Waals surface area (Å²) in [7, 11) is 0. The molecule has 1 saturated heterocycles. The van der Waals surface area contributed by atoms with Crippen LogP contribution in [0.25, 0.3) is 5.65 Å². The molecule has 1 N–H and O–H groups in total. The first-order valence-electron chi connectivity index (χ1n) is 10.9. The van der Waals surface area contributed by atoms with Crippen LogP contribution in [0.1, 0.15) is 67.2 Å². The lowest BCUT2D eigenvalue weighted by atomic mass is 9.83. The highest BCUT2D eigenvalue weighted by atomic mass is 35.5. The molecule has 3 heterocycles. The van der Waals surface area contributed by atoms with E-state index >= 15 is 0 Å². The minimum Gasteiger partial charge on any atom is -0.381 e. The summed E-state index contributed by atoms with van der Waals surface area (Å²) in [5.74, 6) is -6.46. The van der Waals surface area contributed by atoms with Gasteiger partial charge in [0.25, 0.3) is 11.8 Å². The third kappa shape index (κ3) is 5.03. The number of pyridine rings is 1. The minimum atomic E-state index is -3.23. The van der Waals surface area contributed by atoms with E-state index in [1.807, 2.05) is 0 Å². The number of nitrogens with zero attached hydrogens (tertiary/aromatic N) is 2. The molecular formula is C22H26ClF4N3O2. The predicted octanol–water partition coefficient (Wildman–Crippen LogP) is 5.38. The van der Waals surface area contributed by atoms with Gasteiger partial charge in [0.2, 0.25) is 5.92 Å². The van der Waals surface area contributed by atoms with Crippen molar-refractivity contribution in [2.45, 2.75) is 69.8 Å². The molecule has 0 atom stereocenters. The first-order valence-corrected chi connectivity index (χ1v) is 11.3. The normalized spacial score (nSPS) is 20.6. The number of rotatable bonds is 5. The lowest BCUT2D eigenvalue weighted by molar-refractivity contribution is -0.0460. The zero-order valence-electron chi connectivity index (χ0n) is 17.8. The van der Waals surface area contributed by atoms with Crippen molar-refractivity contribution in [1.29, 1.82) is 0 Å². The Morgan fingerprint density at radius 2 is 1.94 bits per heavy atom. The van der Waals surface area contributed by atoms with E-state index in [4.69, 9.17) is 16.3 Å². The number of halogens is 5. The molecule has 5 nitrogen and oxygen atoms in total. The Morgan fingerprint density at radius 1 is 1.28 bits per heavy atom. The molecule has 2 fully saturated rings. The van der Waals surface area contributed by atoms with Crippen LogP contribution in [0, 0.1) is 5.92 Å². The molecule has 0 radical (unpaired) electrons. The topological polar surface area (TPSA) is 55.6 Å². The molecule has 10 heteroatoms. The molecule has 0 unspecified atom stereocenters. The van der Waals surface area contributed by atoms with Crippen molar-refractivity contribution in [1.82, 2.24) is 14.7 Å².